The van der Waals surface area contributed by atoms with Gasteiger partial charge in [0, 0.05) is 13.6 Å². The number of carboxylic acids is 1. The number of likely N-dealkylation sites (N-methyl/N-ethyl adjacent to an activating group) is 1. The van der Waals surface area contributed by atoms with Crippen LogP contribution in [0, 0.1) is 5.92 Å². The fraction of sp³-hybridized carbons (Fsp3) is 0.562. The summed E-state index contributed by atoms with van der Waals surface area (Å²) < 4.78 is 70.7. The molecule has 1 fully saturated rings. The van der Waals surface area contributed by atoms with E-state index in [1.165, 1.54) is 7.05 Å². The van der Waals surface area contributed by atoms with E-state index in [9.17, 15) is 26.4 Å². The van der Waals surface area contributed by atoms with Crippen LogP contribution in [0.15, 0.2) is 23.1 Å². The molecule has 0 amide bonds. The van der Waals surface area contributed by atoms with Crippen LogP contribution in [-0.4, -0.2) is 50.1 Å². The van der Waals surface area contributed by atoms with Gasteiger partial charge in [-0.15, -0.1) is 0 Å². The van der Waals surface area contributed by atoms with E-state index in [-0.39, 0.29) is 31.1 Å². The Morgan fingerprint density at radius 2 is 2.00 bits per heavy atom. The molecule has 10 heteroatoms. The first-order valence-electron chi connectivity index (χ1n) is 7.97. The smallest absolute Gasteiger partial charge is 0.416 e. The van der Waals surface area contributed by atoms with Crippen molar-refractivity contribution in [3.63, 3.8) is 0 Å². The van der Waals surface area contributed by atoms with Gasteiger partial charge in [0.05, 0.1) is 29.1 Å². The minimum Gasteiger partial charge on any atom is -0.481 e. The Kier molecular flexibility index (Phi) is 5.99. The second kappa shape index (κ2) is 7.53. The Hall–Kier alpha value is -1.65. The van der Waals surface area contributed by atoms with E-state index in [4.69, 9.17) is 9.84 Å². The number of alkyl halides is 3. The highest BCUT2D eigenvalue weighted by molar-refractivity contribution is 7.89. The summed E-state index contributed by atoms with van der Waals surface area (Å²) in [6, 6.07) is 2.49. The normalized spacial score (nSPS) is 18.8. The lowest BCUT2D eigenvalue weighted by atomic mass is 9.96. The highest BCUT2D eigenvalue weighted by Crippen LogP contribution is 2.33. The number of carbonyl (C=O) groups is 1. The molecule has 0 spiro atoms. The molecule has 6 nitrogen and oxygen atoms in total. The number of carboxylic acid groups (broad SMARTS) is 1. The van der Waals surface area contributed by atoms with Crippen LogP contribution in [0.3, 0.4) is 0 Å². The van der Waals surface area contributed by atoms with Crippen LogP contribution < -0.4 is 0 Å². The van der Waals surface area contributed by atoms with Crippen LogP contribution in [0.2, 0.25) is 0 Å². The van der Waals surface area contributed by atoms with Gasteiger partial charge in [0.1, 0.15) is 0 Å². The molecule has 0 aromatic heterocycles. The van der Waals surface area contributed by atoms with Crippen LogP contribution in [0.4, 0.5) is 13.2 Å². The van der Waals surface area contributed by atoms with E-state index in [2.05, 4.69) is 0 Å². The van der Waals surface area contributed by atoms with E-state index in [0.717, 1.165) is 16.4 Å². The Bertz CT molecular complexity index is 775. The second-order valence-electron chi connectivity index (χ2n) is 6.25. The Morgan fingerprint density at radius 3 is 2.46 bits per heavy atom. The summed E-state index contributed by atoms with van der Waals surface area (Å²) in [5, 5.41) is 9.12. The maximum atomic E-state index is 13.2. The van der Waals surface area contributed by atoms with Crippen molar-refractivity contribution in [1.82, 2.24) is 4.31 Å². The van der Waals surface area contributed by atoms with Crippen molar-refractivity contribution < 1.29 is 36.2 Å². The summed E-state index contributed by atoms with van der Waals surface area (Å²) in [4.78, 5) is 10.7. The second-order valence-corrected chi connectivity index (χ2v) is 8.30. The van der Waals surface area contributed by atoms with Gasteiger partial charge in [0.25, 0.3) is 0 Å². The maximum Gasteiger partial charge on any atom is 0.416 e. The van der Waals surface area contributed by atoms with Crippen LogP contribution in [0.25, 0.3) is 0 Å². The lowest BCUT2D eigenvalue weighted by Crippen LogP contribution is -2.31. The molecule has 2 rings (SSSR count). The molecule has 2 atom stereocenters. The van der Waals surface area contributed by atoms with Crippen LogP contribution in [-0.2, 0) is 32.2 Å². The van der Waals surface area contributed by atoms with Gasteiger partial charge in [-0.25, -0.2) is 8.42 Å². The molecule has 0 aliphatic carbocycles. The van der Waals surface area contributed by atoms with E-state index in [0.29, 0.717) is 12.7 Å². The number of hydrogen-bond donors (Lipinski definition) is 1. The van der Waals surface area contributed by atoms with Crippen molar-refractivity contribution in [3.8, 4) is 0 Å². The van der Waals surface area contributed by atoms with Crippen LogP contribution in [0.5, 0.6) is 0 Å². The molecule has 26 heavy (non-hydrogen) atoms. The Morgan fingerprint density at radius 1 is 1.38 bits per heavy atom. The third-order valence-electron chi connectivity index (χ3n) is 4.19. The number of nitrogens with zero attached hydrogens (tertiary/aromatic N) is 1. The number of benzene rings is 1. The quantitative estimate of drug-likeness (QED) is 0.683. The molecule has 1 aliphatic rings. The zero-order valence-corrected chi connectivity index (χ0v) is 15.1. The first-order valence-corrected chi connectivity index (χ1v) is 9.41. The van der Waals surface area contributed by atoms with Crippen molar-refractivity contribution in [1.29, 1.82) is 0 Å². The average molecular weight is 395 g/mol. The fourth-order valence-electron chi connectivity index (χ4n) is 2.52. The fourth-order valence-corrected chi connectivity index (χ4v) is 3.82. The zero-order chi connectivity index (χ0) is 19.7. The number of sulfonamides is 1. The van der Waals surface area contributed by atoms with Crippen molar-refractivity contribution in [2.24, 2.45) is 5.92 Å². The number of epoxide rings is 1. The molecule has 0 radical (unpaired) electrons. The summed E-state index contributed by atoms with van der Waals surface area (Å²) in [5.41, 5.74) is -1.10. The summed E-state index contributed by atoms with van der Waals surface area (Å²) in [6.45, 7) is 2.05. The van der Waals surface area contributed by atoms with Gasteiger partial charge in [-0.1, -0.05) is 6.92 Å². The molecule has 1 unspecified atom stereocenters. The predicted molar refractivity (Wildman–Crippen MR) is 86.1 cm³/mol. The Labute approximate surface area is 149 Å². The first-order chi connectivity index (χ1) is 11.9. The van der Waals surface area contributed by atoms with Gasteiger partial charge >= 0.3 is 12.1 Å². The summed E-state index contributed by atoms with van der Waals surface area (Å²) in [6.07, 6.45) is -4.97. The van der Waals surface area contributed by atoms with E-state index < -0.39 is 38.5 Å². The van der Waals surface area contributed by atoms with E-state index in [1.807, 2.05) is 0 Å². The van der Waals surface area contributed by atoms with Gasteiger partial charge in [-0.05, 0) is 36.6 Å². The monoisotopic (exact) mass is 395 g/mol. The number of aliphatic carboxylic acids is 1. The lowest BCUT2D eigenvalue weighted by Gasteiger charge is -2.19. The zero-order valence-electron chi connectivity index (χ0n) is 14.3. The highest BCUT2D eigenvalue weighted by Gasteiger charge is 2.35. The minimum absolute atomic E-state index is 0.0173. The first kappa shape index (κ1) is 20.7. The SMILES string of the molecule is CC[C@@H](Cc1cc(C(F)(F)F)cc(S(=O)(=O)N(C)CC2CO2)c1)C(=O)O. The molecule has 1 heterocycles. The molecular weight excluding hydrogens is 375 g/mol. The van der Waals surface area contributed by atoms with Crippen molar-refractivity contribution in [2.45, 2.75) is 36.9 Å². The van der Waals surface area contributed by atoms with E-state index in [1.54, 1.807) is 6.92 Å². The van der Waals surface area contributed by atoms with Gasteiger partial charge in [0.15, 0.2) is 0 Å². The topological polar surface area (TPSA) is 87.2 Å². The molecule has 1 aliphatic heterocycles. The molecule has 1 aromatic carbocycles. The predicted octanol–water partition coefficient (Wildman–Crippen LogP) is 2.38. The Balaban J connectivity index is 2.44. The van der Waals surface area contributed by atoms with Gasteiger partial charge in [-0.3, -0.25) is 4.79 Å². The number of hydrogen-bond acceptors (Lipinski definition) is 4. The third-order valence-corrected chi connectivity index (χ3v) is 5.99. The van der Waals surface area contributed by atoms with Crippen molar-refractivity contribution >= 4 is 16.0 Å². The molecule has 1 N–H and O–H groups in total. The van der Waals surface area contributed by atoms with Crippen LogP contribution in [0.1, 0.15) is 24.5 Å². The number of ether oxygens (including phenoxy) is 1. The maximum absolute atomic E-state index is 13.2. The largest absolute Gasteiger partial charge is 0.481 e. The molecule has 146 valence electrons. The lowest BCUT2D eigenvalue weighted by molar-refractivity contribution is -0.141. The van der Waals surface area contributed by atoms with Gasteiger partial charge < -0.3 is 9.84 Å². The highest BCUT2D eigenvalue weighted by atomic mass is 32.2. The van der Waals surface area contributed by atoms with Crippen LogP contribution >= 0.6 is 0 Å². The molecule has 1 saturated heterocycles. The summed E-state index contributed by atoms with van der Waals surface area (Å²) in [7, 11) is -2.89. The summed E-state index contributed by atoms with van der Waals surface area (Å²) >= 11 is 0. The minimum atomic E-state index is -4.75. The molecular formula is C16H20F3NO5S. The van der Waals surface area contributed by atoms with Gasteiger partial charge in [0.2, 0.25) is 10.0 Å². The van der Waals surface area contributed by atoms with Crippen molar-refractivity contribution in [2.75, 3.05) is 20.2 Å². The van der Waals surface area contributed by atoms with Gasteiger partial charge in [-0.2, -0.15) is 17.5 Å². The third kappa shape index (κ3) is 4.95. The molecule has 0 bridgehead atoms. The van der Waals surface area contributed by atoms with Crippen molar-refractivity contribution in [3.05, 3.63) is 29.3 Å². The average Bonchev–Trinajstić information content (AvgIpc) is 3.35. The summed E-state index contributed by atoms with van der Waals surface area (Å²) in [5.74, 6) is -2.04. The number of rotatable bonds is 8. The number of halogens is 3. The molecule has 1 aromatic rings. The molecule has 0 saturated carbocycles. The van der Waals surface area contributed by atoms with E-state index >= 15 is 0 Å². The standard InChI is InChI=1S/C16H20F3NO5S/c1-3-11(15(21)22)4-10-5-12(16(17,18)19)7-14(6-10)26(23,24)20(2)8-13-9-25-13/h5-7,11,13H,3-4,8-9H2,1-2H3,(H,21,22)/t11-,13?/m0/s1.